The molecule has 0 aliphatic carbocycles. The van der Waals surface area contributed by atoms with Crippen LogP contribution in [0.1, 0.15) is 53.9 Å². The van der Waals surface area contributed by atoms with Gasteiger partial charge < -0.3 is 0 Å². The van der Waals surface area contributed by atoms with Gasteiger partial charge in [-0.15, -0.1) is 0 Å². The van der Waals surface area contributed by atoms with Gasteiger partial charge in [-0.05, 0) is 26.3 Å². The Bertz CT molecular complexity index is 221. The number of hydrogen-bond donors (Lipinski definition) is 1. The third-order valence-corrected chi connectivity index (χ3v) is 2.95. The van der Waals surface area contributed by atoms with Crippen molar-refractivity contribution in [3.63, 3.8) is 0 Å². The van der Waals surface area contributed by atoms with Gasteiger partial charge in [0, 0.05) is 0 Å². The SMILES string of the molecule is CC.CC.CC/C=C/CCCS(=O)(=O)NC. The van der Waals surface area contributed by atoms with Crippen LogP contribution in [0.15, 0.2) is 12.2 Å². The molecule has 0 aliphatic rings. The van der Waals surface area contributed by atoms with Crippen molar-refractivity contribution in [1.29, 1.82) is 0 Å². The molecule has 0 saturated heterocycles. The Morgan fingerprint density at radius 2 is 1.56 bits per heavy atom. The molecule has 0 spiro atoms. The van der Waals surface area contributed by atoms with Crippen LogP contribution >= 0.6 is 0 Å². The average molecular weight is 251 g/mol. The van der Waals surface area contributed by atoms with Crippen molar-refractivity contribution >= 4 is 10.0 Å². The molecule has 0 heterocycles. The van der Waals surface area contributed by atoms with E-state index in [0.717, 1.165) is 12.8 Å². The molecule has 0 amide bonds. The normalized spacial score (nSPS) is 10.1. The highest BCUT2D eigenvalue weighted by molar-refractivity contribution is 7.89. The van der Waals surface area contributed by atoms with Gasteiger partial charge >= 0.3 is 0 Å². The summed E-state index contributed by atoms with van der Waals surface area (Å²) >= 11 is 0. The monoisotopic (exact) mass is 251 g/mol. The summed E-state index contributed by atoms with van der Waals surface area (Å²) in [6.07, 6.45) is 6.62. The summed E-state index contributed by atoms with van der Waals surface area (Å²) in [5.41, 5.74) is 0. The minimum absolute atomic E-state index is 0.220. The summed E-state index contributed by atoms with van der Waals surface area (Å²) in [4.78, 5) is 0. The van der Waals surface area contributed by atoms with Crippen LogP contribution in [-0.2, 0) is 10.0 Å². The van der Waals surface area contributed by atoms with Crippen molar-refractivity contribution in [3.8, 4) is 0 Å². The lowest BCUT2D eigenvalue weighted by Gasteiger charge is -1.98. The van der Waals surface area contributed by atoms with Crippen molar-refractivity contribution in [2.45, 2.75) is 53.9 Å². The number of sulfonamides is 1. The van der Waals surface area contributed by atoms with Crippen LogP contribution in [0.25, 0.3) is 0 Å². The van der Waals surface area contributed by atoms with E-state index < -0.39 is 10.0 Å². The second-order valence-corrected chi connectivity index (χ2v) is 4.59. The maximum absolute atomic E-state index is 10.9. The van der Waals surface area contributed by atoms with Gasteiger partial charge in [0.15, 0.2) is 0 Å². The molecule has 0 bridgehead atoms. The second kappa shape index (κ2) is 17.1. The number of rotatable bonds is 6. The fourth-order valence-electron chi connectivity index (χ4n) is 0.778. The van der Waals surface area contributed by atoms with Gasteiger partial charge in [0.05, 0.1) is 5.75 Å². The maximum Gasteiger partial charge on any atom is 0.211 e. The lowest BCUT2D eigenvalue weighted by molar-refractivity contribution is 0.585. The minimum atomic E-state index is -2.99. The van der Waals surface area contributed by atoms with E-state index >= 15 is 0 Å². The zero-order valence-electron chi connectivity index (χ0n) is 11.7. The van der Waals surface area contributed by atoms with Crippen LogP contribution in [0.3, 0.4) is 0 Å². The number of allylic oxidation sites excluding steroid dienone is 2. The zero-order chi connectivity index (χ0) is 13.4. The molecule has 3 nitrogen and oxygen atoms in total. The molecule has 0 saturated carbocycles. The maximum atomic E-state index is 10.9. The van der Waals surface area contributed by atoms with Gasteiger partial charge in [0.1, 0.15) is 0 Å². The molecule has 0 atom stereocenters. The first-order valence-corrected chi connectivity index (χ1v) is 7.84. The molecule has 4 heteroatoms. The van der Waals surface area contributed by atoms with Gasteiger partial charge in [-0.3, -0.25) is 0 Å². The summed E-state index contributed by atoms with van der Waals surface area (Å²) < 4.78 is 24.1. The number of nitrogens with one attached hydrogen (secondary N) is 1. The fraction of sp³-hybridized carbons (Fsp3) is 0.833. The van der Waals surface area contributed by atoms with Gasteiger partial charge in [-0.25, -0.2) is 13.1 Å². The van der Waals surface area contributed by atoms with Crippen molar-refractivity contribution in [2.24, 2.45) is 0 Å². The third kappa shape index (κ3) is 19.3. The third-order valence-electron chi connectivity index (χ3n) is 1.50. The largest absolute Gasteiger partial charge is 0.218 e. The topological polar surface area (TPSA) is 46.2 Å². The highest BCUT2D eigenvalue weighted by Gasteiger charge is 2.03. The van der Waals surface area contributed by atoms with E-state index in [4.69, 9.17) is 0 Å². The molecule has 0 aliphatic heterocycles. The molecule has 0 radical (unpaired) electrons. The summed E-state index contributed by atoms with van der Waals surface area (Å²) in [5, 5.41) is 0. The van der Waals surface area contributed by atoms with E-state index in [0.29, 0.717) is 6.42 Å². The lowest BCUT2D eigenvalue weighted by atomic mass is 10.3. The molecule has 1 N–H and O–H groups in total. The van der Waals surface area contributed by atoms with Gasteiger partial charge in [-0.1, -0.05) is 46.8 Å². The fourth-order valence-corrected chi connectivity index (χ4v) is 1.53. The van der Waals surface area contributed by atoms with E-state index in [9.17, 15) is 8.42 Å². The quantitative estimate of drug-likeness (QED) is 0.581. The van der Waals surface area contributed by atoms with Crippen molar-refractivity contribution in [2.75, 3.05) is 12.8 Å². The smallest absolute Gasteiger partial charge is 0.211 e. The van der Waals surface area contributed by atoms with Crippen molar-refractivity contribution in [1.82, 2.24) is 4.72 Å². The second-order valence-electron chi connectivity index (χ2n) is 2.54. The van der Waals surface area contributed by atoms with Crippen LogP contribution in [-0.4, -0.2) is 21.2 Å². The summed E-state index contributed by atoms with van der Waals surface area (Å²) in [6, 6.07) is 0. The molecular weight excluding hydrogens is 222 g/mol. The lowest BCUT2D eigenvalue weighted by Crippen LogP contribution is -2.21. The Kier molecular flexibility index (Phi) is 22.4. The van der Waals surface area contributed by atoms with Crippen LogP contribution in [0.5, 0.6) is 0 Å². The van der Waals surface area contributed by atoms with Crippen LogP contribution in [0, 0.1) is 0 Å². The number of hydrogen-bond acceptors (Lipinski definition) is 2. The molecule has 0 rings (SSSR count). The molecule has 0 aromatic rings. The van der Waals surface area contributed by atoms with Gasteiger partial charge in [-0.2, -0.15) is 0 Å². The Morgan fingerprint density at radius 3 is 1.94 bits per heavy atom. The average Bonchev–Trinajstić information content (AvgIpc) is 2.34. The van der Waals surface area contributed by atoms with E-state index in [1.807, 2.05) is 39.8 Å². The van der Waals surface area contributed by atoms with Crippen molar-refractivity contribution < 1.29 is 8.42 Å². The molecule has 100 valence electrons. The molecule has 0 aromatic carbocycles. The van der Waals surface area contributed by atoms with Crippen LogP contribution in [0.4, 0.5) is 0 Å². The highest BCUT2D eigenvalue weighted by atomic mass is 32.2. The Labute approximate surface area is 102 Å². The first-order valence-electron chi connectivity index (χ1n) is 6.18. The van der Waals surface area contributed by atoms with E-state index in [1.54, 1.807) is 0 Å². The predicted molar refractivity (Wildman–Crippen MR) is 74.2 cm³/mol. The first-order chi connectivity index (χ1) is 7.62. The van der Waals surface area contributed by atoms with E-state index in [-0.39, 0.29) is 5.75 Å². The van der Waals surface area contributed by atoms with Crippen LogP contribution in [0.2, 0.25) is 0 Å². The minimum Gasteiger partial charge on any atom is -0.218 e. The molecule has 0 unspecified atom stereocenters. The van der Waals surface area contributed by atoms with Crippen molar-refractivity contribution in [3.05, 3.63) is 12.2 Å². The molecule has 0 aromatic heterocycles. The molecule has 0 fully saturated rings. The number of unbranched alkanes of at least 4 members (excludes halogenated alkanes) is 1. The molecular formula is C12H29NO2S. The van der Waals surface area contributed by atoms with E-state index in [2.05, 4.69) is 11.6 Å². The first kappa shape index (κ1) is 21.0. The summed E-state index contributed by atoms with van der Waals surface area (Å²) in [5.74, 6) is 0.220. The summed E-state index contributed by atoms with van der Waals surface area (Å²) in [6.45, 7) is 10.1. The predicted octanol–water partition coefficient (Wildman–Crippen LogP) is 3.33. The zero-order valence-corrected chi connectivity index (χ0v) is 12.5. The van der Waals surface area contributed by atoms with E-state index in [1.165, 1.54) is 7.05 Å². The highest BCUT2D eigenvalue weighted by Crippen LogP contribution is 1.95. The Balaban J connectivity index is -0.000000376. The standard InChI is InChI=1S/C8H17NO2S.2C2H6/c1-3-4-5-6-7-8-12(10,11)9-2;2*1-2/h4-5,9H,3,6-8H2,1-2H3;2*1-2H3/b5-4+;;. The van der Waals surface area contributed by atoms with Gasteiger partial charge in [0.2, 0.25) is 10.0 Å². The van der Waals surface area contributed by atoms with Gasteiger partial charge in [0.25, 0.3) is 0 Å². The Morgan fingerprint density at radius 1 is 1.06 bits per heavy atom. The van der Waals surface area contributed by atoms with Crippen LogP contribution < -0.4 is 4.72 Å². The molecule has 16 heavy (non-hydrogen) atoms. The Hall–Kier alpha value is -0.350. The summed E-state index contributed by atoms with van der Waals surface area (Å²) in [7, 11) is -1.55.